The van der Waals surface area contributed by atoms with Gasteiger partial charge in [-0.2, -0.15) is 5.10 Å². The van der Waals surface area contributed by atoms with E-state index in [9.17, 15) is 0 Å². The number of nitrogens with zero attached hydrogens (tertiary/aromatic N) is 3. The third-order valence-corrected chi connectivity index (χ3v) is 3.82. The fourth-order valence-corrected chi connectivity index (χ4v) is 2.65. The van der Waals surface area contributed by atoms with E-state index >= 15 is 0 Å². The molecule has 0 aliphatic carbocycles. The molecule has 0 radical (unpaired) electrons. The van der Waals surface area contributed by atoms with E-state index in [4.69, 9.17) is 5.10 Å². The van der Waals surface area contributed by atoms with E-state index in [1.54, 1.807) is 0 Å². The van der Waals surface area contributed by atoms with Crippen molar-refractivity contribution in [1.29, 1.82) is 0 Å². The second-order valence-electron chi connectivity index (χ2n) is 5.64. The first-order valence-corrected chi connectivity index (χ1v) is 7.01. The Balaban J connectivity index is 2.23. The van der Waals surface area contributed by atoms with Crippen LogP contribution in [-0.4, -0.2) is 27.8 Å². The van der Waals surface area contributed by atoms with Crippen molar-refractivity contribution in [2.45, 2.75) is 52.5 Å². The fraction of sp³-hybridized carbons (Fsp3) is 0.667. The summed E-state index contributed by atoms with van der Waals surface area (Å²) in [4.78, 5) is 2.36. The number of aromatic nitrogens is 2. The van der Waals surface area contributed by atoms with Crippen molar-refractivity contribution < 1.29 is 0 Å². The maximum Gasteiger partial charge on any atom is 0.0714 e. The number of rotatable bonds is 4. The molecule has 100 valence electrons. The van der Waals surface area contributed by atoms with E-state index in [1.165, 1.54) is 23.5 Å². The molecule has 1 saturated heterocycles. The van der Waals surface area contributed by atoms with Crippen LogP contribution in [0, 0.1) is 0 Å². The number of hydrogen-bond donors (Lipinski definition) is 0. The molecule has 3 heteroatoms. The van der Waals surface area contributed by atoms with Crippen LogP contribution < -0.4 is 0 Å². The molecule has 2 rings (SSSR count). The lowest BCUT2D eigenvalue weighted by Crippen LogP contribution is -2.21. The Kier molecular flexibility index (Phi) is 3.79. The molecule has 0 N–H and O–H groups in total. The van der Waals surface area contributed by atoms with Crippen LogP contribution in [0.3, 0.4) is 0 Å². The predicted molar refractivity (Wildman–Crippen MR) is 75.7 cm³/mol. The van der Waals surface area contributed by atoms with Gasteiger partial charge < -0.3 is 4.90 Å². The highest BCUT2D eigenvalue weighted by molar-refractivity contribution is 5.15. The minimum Gasteiger partial charge on any atom is -0.373 e. The van der Waals surface area contributed by atoms with Crippen LogP contribution in [0.15, 0.2) is 18.3 Å². The Morgan fingerprint density at radius 2 is 2.28 bits per heavy atom. The van der Waals surface area contributed by atoms with Gasteiger partial charge in [0.2, 0.25) is 0 Å². The molecule has 1 aromatic rings. The Labute approximate surface area is 110 Å². The van der Waals surface area contributed by atoms with E-state index in [-0.39, 0.29) is 0 Å². The second kappa shape index (κ2) is 5.17. The highest BCUT2D eigenvalue weighted by Crippen LogP contribution is 2.28. The molecule has 18 heavy (non-hydrogen) atoms. The standard InChI is InChI=1S/C15H25N3/c1-6-13-9-15(11(2)3)18(16-13)14-7-8-17(10-14)12(4)5/h9,11,14H,4,6-8,10H2,1-3,5H3. The van der Waals surface area contributed by atoms with Crippen molar-refractivity contribution in [3.05, 3.63) is 29.7 Å². The topological polar surface area (TPSA) is 21.1 Å². The van der Waals surface area contributed by atoms with Gasteiger partial charge in [-0.25, -0.2) is 0 Å². The van der Waals surface area contributed by atoms with Gasteiger partial charge in [-0.1, -0.05) is 27.4 Å². The summed E-state index contributed by atoms with van der Waals surface area (Å²) >= 11 is 0. The van der Waals surface area contributed by atoms with E-state index < -0.39 is 0 Å². The molecule has 0 amide bonds. The molecule has 1 fully saturated rings. The molecule has 0 spiro atoms. The highest BCUT2D eigenvalue weighted by Gasteiger charge is 2.26. The van der Waals surface area contributed by atoms with Gasteiger partial charge >= 0.3 is 0 Å². The Hall–Kier alpha value is -1.25. The first kappa shape index (κ1) is 13.2. The Morgan fingerprint density at radius 1 is 1.56 bits per heavy atom. The quantitative estimate of drug-likeness (QED) is 0.813. The zero-order valence-electron chi connectivity index (χ0n) is 12.1. The number of likely N-dealkylation sites (tertiary alicyclic amines) is 1. The third kappa shape index (κ3) is 2.45. The number of hydrogen-bond acceptors (Lipinski definition) is 2. The van der Waals surface area contributed by atoms with Crippen LogP contribution in [0.1, 0.15) is 57.5 Å². The summed E-state index contributed by atoms with van der Waals surface area (Å²) in [6.45, 7) is 15.0. The van der Waals surface area contributed by atoms with Crippen molar-refractivity contribution >= 4 is 0 Å². The SMILES string of the molecule is C=C(C)N1CCC(n2nc(CC)cc2C(C)C)C1. The number of allylic oxidation sites excluding steroid dienone is 1. The van der Waals surface area contributed by atoms with Gasteiger partial charge in [0.1, 0.15) is 0 Å². The van der Waals surface area contributed by atoms with Gasteiger partial charge in [-0.15, -0.1) is 0 Å². The van der Waals surface area contributed by atoms with Gasteiger partial charge in [0.05, 0.1) is 11.7 Å². The zero-order chi connectivity index (χ0) is 13.3. The zero-order valence-corrected chi connectivity index (χ0v) is 12.1. The van der Waals surface area contributed by atoms with Gasteiger partial charge in [0, 0.05) is 24.5 Å². The van der Waals surface area contributed by atoms with E-state index in [2.05, 4.69) is 49.9 Å². The molecule has 0 saturated carbocycles. The molecule has 1 aliphatic heterocycles. The average molecular weight is 247 g/mol. The fourth-order valence-electron chi connectivity index (χ4n) is 2.65. The van der Waals surface area contributed by atoms with Crippen molar-refractivity contribution in [2.24, 2.45) is 0 Å². The molecule has 1 aliphatic rings. The van der Waals surface area contributed by atoms with Crippen molar-refractivity contribution in [1.82, 2.24) is 14.7 Å². The van der Waals surface area contributed by atoms with Crippen LogP contribution in [0.25, 0.3) is 0 Å². The summed E-state index contributed by atoms with van der Waals surface area (Å²) in [7, 11) is 0. The average Bonchev–Trinajstić information content (AvgIpc) is 2.95. The van der Waals surface area contributed by atoms with Crippen molar-refractivity contribution in [2.75, 3.05) is 13.1 Å². The summed E-state index contributed by atoms with van der Waals surface area (Å²) in [6, 6.07) is 2.79. The lowest BCUT2D eigenvalue weighted by molar-refractivity contribution is 0.383. The van der Waals surface area contributed by atoms with Crippen LogP contribution >= 0.6 is 0 Å². The summed E-state index contributed by atoms with van der Waals surface area (Å²) in [5, 5.41) is 4.79. The summed E-state index contributed by atoms with van der Waals surface area (Å²) in [6.07, 6.45) is 2.20. The van der Waals surface area contributed by atoms with Crippen LogP contribution in [0.2, 0.25) is 0 Å². The first-order valence-electron chi connectivity index (χ1n) is 7.01. The van der Waals surface area contributed by atoms with Gasteiger partial charge in [0.15, 0.2) is 0 Å². The summed E-state index contributed by atoms with van der Waals surface area (Å²) in [5.74, 6) is 0.539. The maximum absolute atomic E-state index is 4.79. The number of aryl methyl sites for hydroxylation is 1. The largest absolute Gasteiger partial charge is 0.373 e. The van der Waals surface area contributed by atoms with Crippen LogP contribution in [0.4, 0.5) is 0 Å². The van der Waals surface area contributed by atoms with Gasteiger partial charge in [-0.05, 0) is 31.7 Å². The highest BCUT2D eigenvalue weighted by atomic mass is 15.3. The summed E-state index contributed by atoms with van der Waals surface area (Å²) in [5.41, 5.74) is 3.76. The molecule has 1 aromatic heterocycles. The predicted octanol–water partition coefficient (Wildman–Crippen LogP) is 3.35. The van der Waals surface area contributed by atoms with Crippen molar-refractivity contribution in [3.8, 4) is 0 Å². The lowest BCUT2D eigenvalue weighted by atomic mass is 10.1. The molecule has 0 bridgehead atoms. The summed E-state index contributed by atoms with van der Waals surface area (Å²) < 4.78 is 2.27. The minimum atomic E-state index is 0.513. The second-order valence-corrected chi connectivity index (χ2v) is 5.64. The lowest BCUT2D eigenvalue weighted by Gasteiger charge is -2.20. The van der Waals surface area contributed by atoms with Crippen LogP contribution in [0.5, 0.6) is 0 Å². The molecular weight excluding hydrogens is 222 g/mol. The van der Waals surface area contributed by atoms with Gasteiger partial charge in [-0.3, -0.25) is 4.68 Å². The molecule has 3 nitrogen and oxygen atoms in total. The smallest absolute Gasteiger partial charge is 0.0714 e. The molecule has 0 aromatic carbocycles. The van der Waals surface area contributed by atoms with E-state index in [0.717, 1.165) is 19.5 Å². The monoisotopic (exact) mass is 247 g/mol. The molecule has 2 heterocycles. The third-order valence-electron chi connectivity index (χ3n) is 3.82. The molecule has 1 unspecified atom stereocenters. The first-order chi connectivity index (χ1) is 8.52. The molecular formula is C15H25N3. The maximum atomic E-state index is 4.79. The normalized spacial score (nSPS) is 19.8. The Morgan fingerprint density at radius 3 is 2.78 bits per heavy atom. The molecule has 1 atom stereocenters. The van der Waals surface area contributed by atoms with E-state index in [1.807, 2.05) is 0 Å². The van der Waals surface area contributed by atoms with E-state index in [0.29, 0.717) is 12.0 Å². The van der Waals surface area contributed by atoms with Crippen LogP contribution in [-0.2, 0) is 6.42 Å². The minimum absolute atomic E-state index is 0.513. The van der Waals surface area contributed by atoms with Gasteiger partial charge in [0.25, 0.3) is 0 Å². The Bertz CT molecular complexity index is 431. The van der Waals surface area contributed by atoms with Crippen molar-refractivity contribution in [3.63, 3.8) is 0 Å².